The number of aliphatic hydroxyl groups is 1. The van der Waals surface area contributed by atoms with Crippen LogP contribution in [0.15, 0.2) is 16.7 Å². The van der Waals surface area contributed by atoms with Crippen LogP contribution < -0.4 is 5.32 Å². The van der Waals surface area contributed by atoms with Gasteiger partial charge in [0.2, 0.25) is 5.22 Å². The fraction of sp³-hybridized carbons (Fsp3) is 0.375. The van der Waals surface area contributed by atoms with Crippen molar-refractivity contribution in [3.05, 3.63) is 23.1 Å². The van der Waals surface area contributed by atoms with Crippen LogP contribution in [0.25, 0.3) is 0 Å². The SMILES string of the molecule is O=C(NCC(O)C(F)F)c1ccoc1Cl. The minimum atomic E-state index is -2.90. The van der Waals surface area contributed by atoms with Crippen molar-refractivity contribution in [1.82, 2.24) is 5.32 Å². The van der Waals surface area contributed by atoms with E-state index in [9.17, 15) is 13.6 Å². The minimum absolute atomic E-state index is 0.0399. The van der Waals surface area contributed by atoms with E-state index in [0.29, 0.717) is 0 Å². The summed E-state index contributed by atoms with van der Waals surface area (Å²) in [6.07, 6.45) is -3.59. The Kier molecular flexibility index (Phi) is 4.05. The van der Waals surface area contributed by atoms with Crippen molar-refractivity contribution in [3.8, 4) is 0 Å². The molecule has 0 aliphatic heterocycles. The smallest absolute Gasteiger partial charge is 0.265 e. The van der Waals surface area contributed by atoms with Gasteiger partial charge in [-0.15, -0.1) is 0 Å². The van der Waals surface area contributed by atoms with Gasteiger partial charge in [-0.2, -0.15) is 0 Å². The first-order chi connectivity index (χ1) is 7.02. The largest absolute Gasteiger partial charge is 0.452 e. The van der Waals surface area contributed by atoms with Crippen molar-refractivity contribution >= 4 is 17.5 Å². The maximum absolute atomic E-state index is 11.9. The summed E-state index contributed by atoms with van der Waals surface area (Å²) in [5.41, 5.74) is 0.0399. The minimum Gasteiger partial charge on any atom is -0.452 e. The highest BCUT2D eigenvalue weighted by atomic mass is 35.5. The van der Waals surface area contributed by atoms with Crippen LogP contribution in [0.4, 0.5) is 8.78 Å². The highest BCUT2D eigenvalue weighted by Crippen LogP contribution is 2.16. The van der Waals surface area contributed by atoms with Gasteiger partial charge in [0.25, 0.3) is 12.3 Å². The number of halogens is 3. The molecule has 0 aliphatic carbocycles. The van der Waals surface area contributed by atoms with Crippen LogP contribution in [0, 0.1) is 0 Å². The molecule has 0 saturated carbocycles. The number of furan rings is 1. The Morgan fingerprint density at radius 1 is 1.67 bits per heavy atom. The summed E-state index contributed by atoms with van der Waals surface area (Å²) in [6, 6.07) is 1.30. The maximum Gasteiger partial charge on any atom is 0.265 e. The van der Waals surface area contributed by atoms with Crippen LogP contribution in [0.1, 0.15) is 10.4 Å². The lowest BCUT2D eigenvalue weighted by molar-refractivity contribution is -0.00270. The second-order valence-corrected chi connectivity index (χ2v) is 3.06. The van der Waals surface area contributed by atoms with E-state index < -0.39 is 25.0 Å². The predicted octanol–water partition coefficient (Wildman–Crippen LogP) is 1.29. The van der Waals surface area contributed by atoms with Gasteiger partial charge in [-0.3, -0.25) is 4.79 Å². The molecule has 84 valence electrons. The van der Waals surface area contributed by atoms with E-state index in [0.717, 1.165) is 0 Å². The van der Waals surface area contributed by atoms with Crippen molar-refractivity contribution in [2.24, 2.45) is 0 Å². The number of carbonyl (C=O) groups excluding carboxylic acids is 1. The summed E-state index contributed by atoms with van der Waals surface area (Å²) in [5.74, 6) is -0.673. The van der Waals surface area contributed by atoms with E-state index in [1.54, 1.807) is 0 Å². The van der Waals surface area contributed by atoms with Crippen LogP contribution in [0.2, 0.25) is 5.22 Å². The standard InChI is InChI=1S/C8H8ClF2NO3/c9-6-4(1-2-15-6)8(14)12-3-5(13)7(10)11/h1-2,5,7,13H,3H2,(H,12,14). The first kappa shape index (κ1) is 11.9. The molecule has 4 nitrogen and oxygen atoms in total. The molecular weight excluding hydrogens is 232 g/mol. The summed E-state index contributed by atoms with van der Waals surface area (Å²) >= 11 is 5.47. The molecule has 1 atom stereocenters. The Labute approximate surface area is 88.8 Å². The highest BCUT2D eigenvalue weighted by Gasteiger charge is 2.19. The van der Waals surface area contributed by atoms with Crippen LogP contribution in [-0.2, 0) is 0 Å². The molecule has 2 N–H and O–H groups in total. The molecule has 0 saturated heterocycles. The number of amides is 1. The highest BCUT2D eigenvalue weighted by molar-refractivity contribution is 6.32. The molecule has 1 rings (SSSR count). The Balaban J connectivity index is 2.47. The van der Waals surface area contributed by atoms with Crippen molar-refractivity contribution in [1.29, 1.82) is 0 Å². The predicted molar refractivity (Wildman–Crippen MR) is 48.1 cm³/mol. The fourth-order valence-corrected chi connectivity index (χ4v) is 1.04. The van der Waals surface area contributed by atoms with E-state index in [-0.39, 0.29) is 10.8 Å². The average molecular weight is 240 g/mol. The number of hydrogen-bond acceptors (Lipinski definition) is 3. The molecule has 7 heteroatoms. The van der Waals surface area contributed by atoms with Gasteiger partial charge >= 0.3 is 0 Å². The van der Waals surface area contributed by atoms with E-state index >= 15 is 0 Å². The number of carbonyl (C=O) groups is 1. The molecule has 1 heterocycles. The number of aliphatic hydroxyl groups excluding tert-OH is 1. The summed E-state index contributed by atoms with van der Waals surface area (Å²) in [6.45, 7) is -0.544. The van der Waals surface area contributed by atoms with E-state index in [1.807, 2.05) is 0 Å². The molecule has 0 spiro atoms. The van der Waals surface area contributed by atoms with Crippen LogP contribution in [0.3, 0.4) is 0 Å². The van der Waals surface area contributed by atoms with Gasteiger partial charge in [0, 0.05) is 6.54 Å². The topological polar surface area (TPSA) is 62.5 Å². The molecule has 15 heavy (non-hydrogen) atoms. The number of alkyl halides is 2. The van der Waals surface area contributed by atoms with Gasteiger partial charge in [-0.1, -0.05) is 0 Å². The lowest BCUT2D eigenvalue weighted by atomic mass is 10.3. The Morgan fingerprint density at radius 3 is 2.80 bits per heavy atom. The van der Waals surface area contributed by atoms with Crippen molar-refractivity contribution in [3.63, 3.8) is 0 Å². The lowest BCUT2D eigenvalue weighted by Crippen LogP contribution is -2.35. The molecular formula is C8H8ClF2NO3. The first-order valence-corrected chi connectivity index (χ1v) is 4.37. The average Bonchev–Trinajstić information content (AvgIpc) is 2.60. The third-order valence-electron chi connectivity index (χ3n) is 1.63. The van der Waals surface area contributed by atoms with Crippen molar-refractivity contribution in [2.45, 2.75) is 12.5 Å². The quantitative estimate of drug-likeness (QED) is 0.832. The molecule has 0 bridgehead atoms. The molecule has 0 fully saturated rings. The van der Waals surface area contributed by atoms with Gasteiger partial charge in [-0.25, -0.2) is 8.78 Å². The fourth-order valence-electron chi connectivity index (χ4n) is 0.837. The number of hydrogen-bond donors (Lipinski definition) is 2. The second-order valence-electron chi connectivity index (χ2n) is 2.72. The number of nitrogens with one attached hydrogen (secondary N) is 1. The molecule has 1 amide bonds. The lowest BCUT2D eigenvalue weighted by Gasteiger charge is -2.09. The molecule has 0 aromatic carbocycles. The first-order valence-electron chi connectivity index (χ1n) is 3.99. The van der Waals surface area contributed by atoms with Gasteiger partial charge < -0.3 is 14.8 Å². The zero-order valence-corrected chi connectivity index (χ0v) is 8.17. The zero-order chi connectivity index (χ0) is 11.4. The third-order valence-corrected chi connectivity index (χ3v) is 1.92. The maximum atomic E-state index is 11.9. The van der Waals surface area contributed by atoms with E-state index in [4.69, 9.17) is 16.7 Å². The molecule has 0 radical (unpaired) electrons. The Morgan fingerprint density at radius 2 is 2.33 bits per heavy atom. The second kappa shape index (κ2) is 5.09. The van der Waals surface area contributed by atoms with Gasteiger partial charge in [-0.05, 0) is 17.7 Å². The van der Waals surface area contributed by atoms with Crippen LogP contribution >= 0.6 is 11.6 Å². The van der Waals surface area contributed by atoms with Crippen molar-refractivity contribution in [2.75, 3.05) is 6.54 Å². The molecule has 1 aromatic heterocycles. The van der Waals surface area contributed by atoms with Crippen LogP contribution in [-0.4, -0.2) is 30.1 Å². The zero-order valence-electron chi connectivity index (χ0n) is 7.41. The van der Waals surface area contributed by atoms with Gasteiger partial charge in [0.05, 0.1) is 11.8 Å². The van der Waals surface area contributed by atoms with Crippen LogP contribution in [0.5, 0.6) is 0 Å². The third kappa shape index (κ3) is 3.17. The van der Waals surface area contributed by atoms with Crippen molar-refractivity contribution < 1.29 is 23.1 Å². The van der Waals surface area contributed by atoms with E-state index in [2.05, 4.69) is 9.73 Å². The van der Waals surface area contributed by atoms with Gasteiger partial charge in [0.1, 0.15) is 6.10 Å². The molecule has 1 unspecified atom stereocenters. The summed E-state index contributed by atoms with van der Waals surface area (Å²) < 4.78 is 28.3. The summed E-state index contributed by atoms with van der Waals surface area (Å²) in [7, 11) is 0. The monoisotopic (exact) mass is 239 g/mol. The Hall–Kier alpha value is -1.14. The normalized spacial score (nSPS) is 12.9. The summed E-state index contributed by atoms with van der Waals surface area (Å²) in [4.78, 5) is 11.2. The molecule has 0 aliphatic rings. The molecule has 1 aromatic rings. The Bertz CT molecular complexity index is 342. The number of rotatable bonds is 4. The van der Waals surface area contributed by atoms with Gasteiger partial charge in [0.15, 0.2) is 0 Å². The summed E-state index contributed by atoms with van der Waals surface area (Å²) in [5, 5.41) is 10.7. The van der Waals surface area contributed by atoms with E-state index in [1.165, 1.54) is 12.3 Å².